The predicted octanol–water partition coefficient (Wildman–Crippen LogP) is 2.87. The number of benzene rings is 1. The standard InChI is InChI=1S/C17H30N2O/c1-5-8-20-17-9-12(2)16(13(3)14(17)4)7-6-15(10-18)11-19/h9,15H,5-8,10-11,18-19H2,1-4H3. The minimum absolute atomic E-state index is 0.421. The van der Waals surface area contributed by atoms with Gasteiger partial charge in [-0.05, 0) is 87.4 Å². The van der Waals surface area contributed by atoms with Gasteiger partial charge in [0, 0.05) is 0 Å². The molecule has 3 heteroatoms. The van der Waals surface area contributed by atoms with Crippen LogP contribution in [0.25, 0.3) is 0 Å². The third-order valence-corrected chi connectivity index (χ3v) is 4.14. The lowest BCUT2D eigenvalue weighted by atomic mass is 9.91. The maximum absolute atomic E-state index is 5.83. The molecule has 0 fully saturated rings. The fraction of sp³-hybridized carbons (Fsp3) is 0.647. The van der Waals surface area contributed by atoms with E-state index in [0.717, 1.165) is 31.6 Å². The molecule has 3 nitrogen and oxygen atoms in total. The molecule has 0 amide bonds. The van der Waals surface area contributed by atoms with Crippen LogP contribution in [-0.4, -0.2) is 19.7 Å². The first-order valence-corrected chi connectivity index (χ1v) is 7.67. The summed E-state index contributed by atoms with van der Waals surface area (Å²) in [7, 11) is 0. The quantitative estimate of drug-likeness (QED) is 0.768. The van der Waals surface area contributed by atoms with Gasteiger partial charge in [-0.25, -0.2) is 0 Å². The second-order valence-electron chi connectivity index (χ2n) is 5.64. The highest BCUT2D eigenvalue weighted by atomic mass is 16.5. The van der Waals surface area contributed by atoms with Gasteiger partial charge in [-0.1, -0.05) is 6.92 Å². The lowest BCUT2D eigenvalue weighted by molar-refractivity contribution is 0.314. The van der Waals surface area contributed by atoms with Crippen LogP contribution >= 0.6 is 0 Å². The van der Waals surface area contributed by atoms with E-state index in [1.807, 2.05) is 0 Å². The maximum Gasteiger partial charge on any atom is 0.122 e. The van der Waals surface area contributed by atoms with Crippen molar-refractivity contribution in [2.24, 2.45) is 17.4 Å². The summed E-state index contributed by atoms with van der Waals surface area (Å²) in [6.07, 6.45) is 3.14. The van der Waals surface area contributed by atoms with Gasteiger partial charge in [0.1, 0.15) is 5.75 Å². The highest BCUT2D eigenvalue weighted by Gasteiger charge is 2.13. The molecule has 0 saturated heterocycles. The molecule has 0 atom stereocenters. The van der Waals surface area contributed by atoms with Gasteiger partial charge in [-0.3, -0.25) is 0 Å². The van der Waals surface area contributed by atoms with E-state index in [4.69, 9.17) is 16.2 Å². The molecule has 0 unspecified atom stereocenters. The Kier molecular flexibility index (Phi) is 7.03. The van der Waals surface area contributed by atoms with Crippen molar-refractivity contribution in [3.05, 3.63) is 28.3 Å². The first-order valence-electron chi connectivity index (χ1n) is 7.67. The predicted molar refractivity (Wildman–Crippen MR) is 86.4 cm³/mol. The summed E-state index contributed by atoms with van der Waals surface area (Å²) in [5.41, 5.74) is 16.8. The maximum atomic E-state index is 5.83. The van der Waals surface area contributed by atoms with Crippen molar-refractivity contribution in [3.63, 3.8) is 0 Å². The van der Waals surface area contributed by atoms with Gasteiger partial charge < -0.3 is 16.2 Å². The summed E-state index contributed by atoms with van der Waals surface area (Å²) in [6, 6.07) is 2.17. The molecule has 20 heavy (non-hydrogen) atoms. The molecule has 0 radical (unpaired) electrons. The monoisotopic (exact) mass is 278 g/mol. The van der Waals surface area contributed by atoms with E-state index in [1.165, 1.54) is 22.3 Å². The molecule has 4 N–H and O–H groups in total. The molecule has 1 aromatic rings. The van der Waals surface area contributed by atoms with Crippen LogP contribution in [-0.2, 0) is 6.42 Å². The van der Waals surface area contributed by atoms with E-state index in [0.29, 0.717) is 19.0 Å². The fourth-order valence-corrected chi connectivity index (χ4v) is 2.53. The van der Waals surface area contributed by atoms with Gasteiger partial charge >= 0.3 is 0 Å². The number of hydrogen-bond donors (Lipinski definition) is 2. The van der Waals surface area contributed by atoms with Crippen LogP contribution in [0.4, 0.5) is 0 Å². The molecule has 1 rings (SSSR count). The third-order valence-electron chi connectivity index (χ3n) is 4.14. The van der Waals surface area contributed by atoms with Gasteiger partial charge in [-0.15, -0.1) is 0 Å². The highest BCUT2D eigenvalue weighted by Crippen LogP contribution is 2.29. The van der Waals surface area contributed by atoms with Crippen LogP contribution in [0.1, 0.15) is 42.0 Å². The second kappa shape index (κ2) is 8.28. The number of hydrogen-bond acceptors (Lipinski definition) is 3. The Bertz CT molecular complexity index is 425. The van der Waals surface area contributed by atoms with Crippen LogP contribution in [0.15, 0.2) is 6.07 Å². The summed E-state index contributed by atoms with van der Waals surface area (Å²) < 4.78 is 5.83. The van der Waals surface area contributed by atoms with Gasteiger partial charge in [-0.2, -0.15) is 0 Å². The Balaban J connectivity index is 2.89. The normalized spacial score (nSPS) is 11.2. The van der Waals surface area contributed by atoms with Crippen LogP contribution in [0.3, 0.4) is 0 Å². The van der Waals surface area contributed by atoms with Gasteiger partial charge in [0.15, 0.2) is 0 Å². The van der Waals surface area contributed by atoms with E-state index >= 15 is 0 Å². The van der Waals surface area contributed by atoms with Gasteiger partial charge in [0.25, 0.3) is 0 Å². The molecule has 0 heterocycles. The lowest BCUT2D eigenvalue weighted by Crippen LogP contribution is -2.23. The number of ether oxygens (including phenoxy) is 1. The number of aryl methyl sites for hydroxylation is 1. The Morgan fingerprint density at radius 1 is 1.10 bits per heavy atom. The smallest absolute Gasteiger partial charge is 0.122 e. The van der Waals surface area contributed by atoms with Crippen molar-refractivity contribution in [3.8, 4) is 5.75 Å². The summed E-state index contributed by atoms with van der Waals surface area (Å²) in [6.45, 7) is 10.8. The largest absolute Gasteiger partial charge is 0.493 e. The summed E-state index contributed by atoms with van der Waals surface area (Å²) in [5, 5.41) is 0. The average Bonchev–Trinajstić information content (AvgIpc) is 2.45. The SMILES string of the molecule is CCCOc1cc(C)c(CCC(CN)CN)c(C)c1C. The fourth-order valence-electron chi connectivity index (χ4n) is 2.53. The summed E-state index contributed by atoms with van der Waals surface area (Å²) in [5.74, 6) is 1.45. The van der Waals surface area contributed by atoms with Crippen LogP contribution < -0.4 is 16.2 Å². The molecular weight excluding hydrogens is 248 g/mol. The van der Waals surface area contributed by atoms with E-state index in [1.54, 1.807) is 0 Å². The van der Waals surface area contributed by atoms with E-state index in [-0.39, 0.29) is 0 Å². The molecule has 0 aliphatic rings. The number of rotatable bonds is 8. The second-order valence-corrected chi connectivity index (χ2v) is 5.64. The molecule has 0 aromatic heterocycles. The summed E-state index contributed by atoms with van der Waals surface area (Å²) >= 11 is 0. The van der Waals surface area contributed by atoms with Crippen LogP contribution in [0.5, 0.6) is 5.75 Å². The Morgan fingerprint density at radius 2 is 1.75 bits per heavy atom. The Hall–Kier alpha value is -1.06. The van der Waals surface area contributed by atoms with E-state index in [9.17, 15) is 0 Å². The minimum Gasteiger partial charge on any atom is -0.493 e. The zero-order valence-electron chi connectivity index (χ0n) is 13.5. The zero-order chi connectivity index (χ0) is 15.1. The van der Waals surface area contributed by atoms with Crippen molar-refractivity contribution in [2.75, 3.05) is 19.7 Å². The molecule has 0 saturated carbocycles. The van der Waals surface area contributed by atoms with Crippen LogP contribution in [0, 0.1) is 26.7 Å². The first-order chi connectivity index (χ1) is 9.54. The molecular formula is C17H30N2O. The highest BCUT2D eigenvalue weighted by molar-refractivity contribution is 5.48. The molecule has 0 aliphatic heterocycles. The molecule has 0 aliphatic carbocycles. The van der Waals surface area contributed by atoms with Gasteiger partial charge in [0.05, 0.1) is 6.61 Å². The molecule has 0 spiro atoms. The molecule has 1 aromatic carbocycles. The summed E-state index contributed by atoms with van der Waals surface area (Å²) in [4.78, 5) is 0. The lowest BCUT2D eigenvalue weighted by Gasteiger charge is -2.19. The molecule has 114 valence electrons. The zero-order valence-corrected chi connectivity index (χ0v) is 13.5. The van der Waals surface area contributed by atoms with Gasteiger partial charge in [0.2, 0.25) is 0 Å². The minimum atomic E-state index is 0.421. The third kappa shape index (κ3) is 4.22. The van der Waals surface area contributed by atoms with Crippen molar-refractivity contribution in [2.45, 2.75) is 47.0 Å². The topological polar surface area (TPSA) is 61.3 Å². The Labute approximate surface area is 123 Å². The van der Waals surface area contributed by atoms with Crippen LogP contribution in [0.2, 0.25) is 0 Å². The molecule has 0 bridgehead atoms. The van der Waals surface area contributed by atoms with Crippen molar-refractivity contribution in [1.82, 2.24) is 0 Å². The first kappa shape index (κ1) is 17.0. The number of nitrogens with two attached hydrogens (primary N) is 2. The Morgan fingerprint density at radius 3 is 2.30 bits per heavy atom. The van der Waals surface area contributed by atoms with Crippen molar-refractivity contribution < 1.29 is 4.74 Å². The van der Waals surface area contributed by atoms with Crippen molar-refractivity contribution in [1.29, 1.82) is 0 Å². The average molecular weight is 278 g/mol. The van der Waals surface area contributed by atoms with E-state index < -0.39 is 0 Å². The van der Waals surface area contributed by atoms with E-state index in [2.05, 4.69) is 33.8 Å². The van der Waals surface area contributed by atoms with Crippen molar-refractivity contribution >= 4 is 0 Å².